The van der Waals surface area contributed by atoms with Crippen LogP contribution in [0.25, 0.3) is 0 Å². The molecule has 0 unspecified atom stereocenters. The van der Waals surface area contributed by atoms with E-state index in [1.165, 1.54) is 11.1 Å². The molecule has 0 saturated carbocycles. The Labute approximate surface area is 172 Å². The van der Waals surface area contributed by atoms with Gasteiger partial charge in [-0.2, -0.15) is 0 Å². The Balaban J connectivity index is 1.54. The van der Waals surface area contributed by atoms with Crippen LogP contribution in [0.3, 0.4) is 0 Å². The molecule has 1 amide bonds. The Kier molecular flexibility index (Phi) is 6.42. The van der Waals surface area contributed by atoms with Crippen molar-refractivity contribution in [3.05, 3.63) is 62.6 Å². The first kappa shape index (κ1) is 21.1. The number of ether oxygens (including phenoxy) is 1. The van der Waals surface area contributed by atoms with E-state index in [9.17, 15) is 9.59 Å². The van der Waals surface area contributed by atoms with Gasteiger partial charge in [-0.15, -0.1) is 0 Å². The first-order chi connectivity index (χ1) is 13.8. The third kappa shape index (κ3) is 4.53. The molecule has 0 spiro atoms. The lowest BCUT2D eigenvalue weighted by atomic mass is 10.1. The van der Waals surface area contributed by atoms with E-state index in [0.717, 1.165) is 36.6 Å². The Bertz CT molecular complexity index is 957. The van der Waals surface area contributed by atoms with E-state index in [4.69, 9.17) is 4.74 Å². The minimum Gasteiger partial charge on any atom is -0.492 e. The summed E-state index contributed by atoms with van der Waals surface area (Å²) in [4.78, 5) is 29.6. The molecule has 0 radical (unpaired) electrons. The van der Waals surface area contributed by atoms with Gasteiger partial charge in [0, 0.05) is 45.5 Å². The first-order valence-electron chi connectivity index (χ1n) is 10.2. The maximum Gasteiger partial charge on any atom is 0.263 e. The molecule has 1 fully saturated rings. The lowest BCUT2D eigenvalue weighted by Crippen LogP contribution is -2.50. The second kappa shape index (κ2) is 8.82. The second-order valence-electron chi connectivity index (χ2n) is 7.89. The van der Waals surface area contributed by atoms with Crippen LogP contribution in [0.2, 0.25) is 0 Å². The van der Waals surface area contributed by atoms with Gasteiger partial charge in [0.15, 0.2) is 0 Å². The number of pyridine rings is 1. The van der Waals surface area contributed by atoms with Gasteiger partial charge in [0.2, 0.25) is 0 Å². The SMILES string of the molecule is Cc1cccc(OCCN2CCN(C(=O)c3c(C)cc(C)n(C)c3=O)CC2)c1C. The zero-order chi connectivity index (χ0) is 21.1. The number of carbonyl (C=O) groups excluding carboxylic acids is 1. The molecule has 3 rings (SSSR count). The fourth-order valence-corrected chi connectivity index (χ4v) is 3.74. The molecule has 156 valence electrons. The highest BCUT2D eigenvalue weighted by Crippen LogP contribution is 2.20. The van der Waals surface area contributed by atoms with Gasteiger partial charge >= 0.3 is 0 Å². The molecule has 1 saturated heterocycles. The van der Waals surface area contributed by atoms with Crippen LogP contribution < -0.4 is 10.3 Å². The number of aromatic nitrogens is 1. The van der Waals surface area contributed by atoms with Gasteiger partial charge in [-0.1, -0.05) is 12.1 Å². The monoisotopic (exact) mass is 397 g/mol. The number of aryl methyl sites for hydroxylation is 3. The summed E-state index contributed by atoms with van der Waals surface area (Å²) >= 11 is 0. The van der Waals surface area contributed by atoms with E-state index in [1.54, 1.807) is 16.5 Å². The zero-order valence-electron chi connectivity index (χ0n) is 18.1. The van der Waals surface area contributed by atoms with E-state index in [-0.39, 0.29) is 11.5 Å². The molecule has 6 nitrogen and oxygen atoms in total. The number of benzene rings is 1. The van der Waals surface area contributed by atoms with Gasteiger partial charge in [-0.25, -0.2) is 0 Å². The molecular formula is C23H31N3O3. The molecule has 6 heteroatoms. The van der Waals surface area contributed by atoms with Crippen molar-refractivity contribution < 1.29 is 9.53 Å². The molecule has 0 atom stereocenters. The Morgan fingerprint density at radius 1 is 1.03 bits per heavy atom. The highest BCUT2D eigenvalue weighted by molar-refractivity contribution is 5.95. The minimum atomic E-state index is -0.211. The van der Waals surface area contributed by atoms with Gasteiger partial charge in [-0.3, -0.25) is 14.5 Å². The van der Waals surface area contributed by atoms with Crippen molar-refractivity contribution in [3.63, 3.8) is 0 Å². The molecule has 1 aliphatic rings. The van der Waals surface area contributed by atoms with E-state index in [0.29, 0.717) is 25.3 Å². The number of rotatable bonds is 5. The van der Waals surface area contributed by atoms with Crippen molar-refractivity contribution in [2.75, 3.05) is 39.3 Å². The van der Waals surface area contributed by atoms with Crippen molar-refractivity contribution in [3.8, 4) is 5.75 Å². The number of carbonyl (C=O) groups is 1. The smallest absolute Gasteiger partial charge is 0.263 e. The van der Waals surface area contributed by atoms with Crippen molar-refractivity contribution >= 4 is 5.91 Å². The number of piperazine rings is 1. The summed E-state index contributed by atoms with van der Waals surface area (Å²) in [6.45, 7) is 12.1. The summed E-state index contributed by atoms with van der Waals surface area (Å²) < 4.78 is 7.50. The third-order valence-electron chi connectivity index (χ3n) is 5.96. The molecule has 1 aliphatic heterocycles. The fraction of sp³-hybridized carbons (Fsp3) is 0.478. The third-order valence-corrected chi connectivity index (χ3v) is 5.96. The van der Waals surface area contributed by atoms with Crippen LogP contribution >= 0.6 is 0 Å². The second-order valence-corrected chi connectivity index (χ2v) is 7.89. The van der Waals surface area contributed by atoms with Crippen molar-refractivity contribution in [1.82, 2.24) is 14.4 Å². The summed E-state index contributed by atoms with van der Waals surface area (Å²) in [7, 11) is 1.71. The summed E-state index contributed by atoms with van der Waals surface area (Å²) in [5.41, 5.74) is 4.10. The normalized spacial score (nSPS) is 14.9. The molecule has 2 aromatic rings. The minimum absolute atomic E-state index is 0.158. The summed E-state index contributed by atoms with van der Waals surface area (Å²) in [6, 6.07) is 8.00. The van der Waals surface area contributed by atoms with Gasteiger partial charge < -0.3 is 14.2 Å². The number of hydrogen-bond acceptors (Lipinski definition) is 4. The van der Waals surface area contributed by atoms with Crippen LogP contribution in [0.1, 0.15) is 32.7 Å². The van der Waals surface area contributed by atoms with E-state index in [2.05, 4.69) is 24.8 Å². The van der Waals surface area contributed by atoms with E-state index in [1.807, 2.05) is 32.0 Å². The predicted octanol–water partition coefficient (Wildman–Crippen LogP) is 2.46. The van der Waals surface area contributed by atoms with E-state index < -0.39 is 0 Å². The summed E-state index contributed by atoms with van der Waals surface area (Å²) in [5, 5.41) is 0. The fourth-order valence-electron chi connectivity index (χ4n) is 3.74. The number of hydrogen-bond donors (Lipinski definition) is 0. The lowest BCUT2D eigenvalue weighted by Gasteiger charge is -2.34. The summed E-state index contributed by atoms with van der Waals surface area (Å²) in [6.07, 6.45) is 0. The highest BCUT2D eigenvalue weighted by atomic mass is 16.5. The predicted molar refractivity (Wildman–Crippen MR) is 115 cm³/mol. The largest absolute Gasteiger partial charge is 0.492 e. The summed E-state index contributed by atoms with van der Waals surface area (Å²) in [5.74, 6) is 0.777. The Hall–Kier alpha value is -2.60. The Morgan fingerprint density at radius 3 is 2.41 bits per heavy atom. The van der Waals surface area contributed by atoms with Crippen molar-refractivity contribution in [2.45, 2.75) is 27.7 Å². The van der Waals surface area contributed by atoms with Crippen LogP contribution in [-0.4, -0.2) is 59.6 Å². The maximum atomic E-state index is 12.9. The molecular weight excluding hydrogens is 366 g/mol. The standard InChI is InChI=1S/C23H31N3O3/c1-16-7-6-8-20(19(16)4)29-14-13-25-9-11-26(12-10-25)23(28)21-17(2)15-18(3)24(5)22(21)27/h6-8,15H,9-14H2,1-5H3. The molecule has 2 heterocycles. The van der Waals surface area contributed by atoms with E-state index >= 15 is 0 Å². The molecule has 0 bridgehead atoms. The molecule has 0 aliphatic carbocycles. The first-order valence-corrected chi connectivity index (χ1v) is 10.2. The highest BCUT2D eigenvalue weighted by Gasteiger charge is 2.25. The van der Waals surface area contributed by atoms with Gasteiger partial charge in [0.05, 0.1) is 0 Å². The zero-order valence-corrected chi connectivity index (χ0v) is 18.1. The number of amides is 1. The molecule has 29 heavy (non-hydrogen) atoms. The van der Waals surface area contributed by atoms with Gasteiger partial charge in [-0.05, 0) is 56.5 Å². The van der Waals surface area contributed by atoms with Gasteiger partial charge in [0.1, 0.15) is 17.9 Å². The quantitative estimate of drug-likeness (QED) is 0.778. The van der Waals surface area contributed by atoms with Crippen molar-refractivity contribution in [1.29, 1.82) is 0 Å². The van der Waals surface area contributed by atoms with Gasteiger partial charge in [0.25, 0.3) is 11.5 Å². The molecule has 1 aromatic carbocycles. The van der Waals surface area contributed by atoms with Crippen LogP contribution in [0.5, 0.6) is 5.75 Å². The van der Waals surface area contributed by atoms with Crippen LogP contribution in [0, 0.1) is 27.7 Å². The van der Waals surface area contributed by atoms with Crippen LogP contribution in [0.15, 0.2) is 29.1 Å². The van der Waals surface area contributed by atoms with Crippen LogP contribution in [0.4, 0.5) is 0 Å². The number of nitrogens with zero attached hydrogens (tertiary/aromatic N) is 3. The Morgan fingerprint density at radius 2 is 1.72 bits per heavy atom. The van der Waals surface area contributed by atoms with Crippen LogP contribution in [-0.2, 0) is 7.05 Å². The molecule has 0 N–H and O–H groups in total. The average Bonchev–Trinajstić information content (AvgIpc) is 2.70. The topological polar surface area (TPSA) is 54.8 Å². The molecule has 1 aromatic heterocycles. The maximum absolute atomic E-state index is 12.9. The van der Waals surface area contributed by atoms with Crippen molar-refractivity contribution in [2.24, 2.45) is 7.05 Å². The lowest BCUT2D eigenvalue weighted by molar-refractivity contribution is 0.0617. The average molecular weight is 398 g/mol.